The lowest BCUT2D eigenvalue weighted by Gasteiger charge is -2.46. The lowest BCUT2D eigenvalue weighted by Crippen LogP contribution is -2.63. The van der Waals surface area contributed by atoms with Gasteiger partial charge in [0.05, 0.1) is 22.9 Å². The standard InChI is InChI=1S/C22H22Cl2N4O3/c23-15-2-3-16(17(24)7-15)18-4-1-13(8-25-18)14-9-28(10-14)22(30)27-6-5-20-19(11-27)26-21(29)12-31-20/h1-4,7-8,14,19-20H,5-6,9-12H2,(H,26,29). The lowest BCUT2D eigenvalue weighted by molar-refractivity contribution is -0.139. The number of fused-ring (bicyclic) bond motifs is 1. The number of halogens is 2. The van der Waals surface area contributed by atoms with Crippen molar-refractivity contribution in [2.24, 2.45) is 0 Å². The molecule has 0 radical (unpaired) electrons. The Morgan fingerprint density at radius 2 is 1.97 bits per heavy atom. The van der Waals surface area contributed by atoms with E-state index in [9.17, 15) is 9.59 Å². The van der Waals surface area contributed by atoms with Crippen molar-refractivity contribution in [3.8, 4) is 11.3 Å². The number of aromatic nitrogens is 1. The monoisotopic (exact) mass is 460 g/mol. The molecule has 3 aliphatic heterocycles. The minimum atomic E-state index is -0.118. The molecule has 5 rings (SSSR count). The Morgan fingerprint density at radius 1 is 1.13 bits per heavy atom. The zero-order valence-corrected chi connectivity index (χ0v) is 18.3. The number of nitrogens with zero attached hydrogens (tertiary/aromatic N) is 3. The quantitative estimate of drug-likeness (QED) is 0.746. The zero-order chi connectivity index (χ0) is 21.5. The van der Waals surface area contributed by atoms with Crippen LogP contribution in [0.15, 0.2) is 36.5 Å². The number of rotatable bonds is 2. The summed E-state index contributed by atoms with van der Waals surface area (Å²) in [6.45, 7) is 2.58. The Kier molecular flexibility index (Phi) is 5.50. The maximum Gasteiger partial charge on any atom is 0.320 e. The summed E-state index contributed by atoms with van der Waals surface area (Å²) in [4.78, 5) is 32.7. The second-order valence-corrected chi connectivity index (χ2v) is 9.09. The van der Waals surface area contributed by atoms with Crippen LogP contribution in [0, 0.1) is 0 Å². The summed E-state index contributed by atoms with van der Waals surface area (Å²) >= 11 is 12.2. The Balaban J connectivity index is 1.18. The summed E-state index contributed by atoms with van der Waals surface area (Å²) in [5.41, 5.74) is 2.73. The molecule has 9 heteroatoms. The van der Waals surface area contributed by atoms with E-state index in [1.807, 2.05) is 34.2 Å². The Hall–Kier alpha value is -2.35. The van der Waals surface area contributed by atoms with Gasteiger partial charge in [-0.05, 0) is 36.2 Å². The summed E-state index contributed by atoms with van der Waals surface area (Å²) < 4.78 is 5.57. The van der Waals surface area contributed by atoms with Crippen molar-refractivity contribution in [2.45, 2.75) is 24.5 Å². The topological polar surface area (TPSA) is 74.8 Å². The second-order valence-electron chi connectivity index (χ2n) is 8.24. The molecule has 7 nitrogen and oxygen atoms in total. The van der Waals surface area contributed by atoms with Crippen LogP contribution in [-0.2, 0) is 9.53 Å². The van der Waals surface area contributed by atoms with Gasteiger partial charge >= 0.3 is 6.03 Å². The van der Waals surface area contributed by atoms with Crippen molar-refractivity contribution < 1.29 is 14.3 Å². The Bertz CT molecular complexity index is 1010. The molecule has 31 heavy (non-hydrogen) atoms. The number of carbonyl (C=O) groups excluding carboxylic acids is 2. The number of carbonyl (C=O) groups is 2. The maximum atomic E-state index is 12.9. The molecule has 2 unspecified atom stereocenters. The highest BCUT2D eigenvalue weighted by Gasteiger charge is 2.40. The van der Waals surface area contributed by atoms with Crippen LogP contribution in [0.1, 0.15) is 17.9 Å². The third-order valence-electron chi connectivity index (χ3n) is 6.21. The van der Waals surface area contributed by atoms with Gasteiger partial charge in [0.1, 0.15) is 6.61 Å². The first-order chi connectivity index (χ1) is 15.0. The average molecular weight is 461 g/mol. The van der Waals surface area contributed by atoms with Crippen molar-refractivity contribution in [1.82, 2.24) is 20.1 Å². The van der Waals surface area contributed by atoms with Crippen LogP contribution in [0.2, 0.25) is 10.0 Å². The fourth-order valence-electron chi connectivity index (χ4n) is 4.42. The van der Waals surface area contributed by atoms with Crippen molar-refractivity contribution in [2.75, 3.05) is 32.8 Å². The van der Waals surface area contributed by atoms with Gasteiger partial charge in [0.2, 0.25) is 5.91 Å². The molecule has 1 aromatic heterocycles. The highest BCUT2D eigenvalue weighted by molar-refractivity contribution is 6.36. The molecule has 0 aliphatic carbocycles. The SMILES string of the molecule is O=C1COC2CCN(C(=O)N3CC(c4ccc(-c5ccc(Cl)cc5Cl)nc4)C3)CC2N1. The summed E-state index contributed by atoms with van der Waals surface area (Å²) in [7, 11) is 0. The summed E-state index contributed by atoms with van der Waals surface area (Å²) in [5.74, 6) is 0.150. The fourth-order valence-corrected chi connectivity index (χ4v) is 4.93. The normalized spacial score (nSPS) is 23.7. The second kappa shape index (κ2) is 8.30. The minimum absolute atomic E-state index is 0.00428. The number of amides is 3. The molecule has 2 atom stereocenters. The molecule has 1 aromatic carbocycles. The fraction of sp³-hybridized carbons (Fsp3) is 0.409. The number of morpholine rings is 1. The highest BCUT2D eigenvalue weighted by atomic mass is 35.5. The van der Waals surface area contributed by atoms with E-state index in [0.29, 0.717) is 36.2 Å². The third kappa shape index (κ3) is 4.10. The Labute approximate surface area is 190 Å². The average Bonchev–Trinajstić information content (AvgIpc) is 2.73. The van der Waals surface area contributed by atoms with E-state index in [-0.39, 0.29) is 36.6 Å². The van der Waals surface area contributed by atoms with Crippen LogP contribution in [0.4, 0.5) is 4.79 Å². The van der Waals surface area contributed by atoms with Crippen molar-refractivity contribution in [1.29, 1.82) is 0 Å². The van der Waals surface area contributed by atoms with Gasteiger partial charge in [0.25, 0.3) is 0 Å². The largest absolute Gasteiger partial charge is 0.366 e. The van der Waals surface area contributed by atoms with Gasteiger partial charge in [-0.3, -0.25) is 9.78 Å². The number of hydrogen-bond acceptors (Lipinski definition) is 4. The maximum absolute atomic E-state index is 12.9. The molecule has 3 aliphatic rings. The number of benzene rings is 1. The van der Waals surface area contributed by atoms with Gasteiger partial charge < -0.3 is 19.9 Å². The van der Waals surface area contributed by atoms with Crippen LogP contribution in [0.5, 0.6) is 0 Å². The minimum Gasteiger partial charge on any atom is -0.366 e. The predicted octanol–water partition coefficient (Wildman–Crippen LogP) is 3.16. The van der Waals surface area contributed by atoms with Crippen molar-refractivity contribution in [3.05, 3.63) is 52.1 Å². The van der Waals surface area contributed by atoms with Crippen LogP contribution in [-0.4, -0.2) is 71.7 Å². The molecule has 3 amide bonds. The van der Waals surface area contributed by atoms with Crippen LogP contribution in [0.25, 0.3) is 11.3 Å². The summed E-state index contributed by atoms with van der Waals surface area (Å²) in [6.07, 6.45) is 2.60. The van der Waals surface area contributed by atoms with E-state index in [1.165, 1.54) is 0 Å². The van der Waals surface area contributed by atoms with E-state index < -0.39 is 0 Å². The van der Waals surface area contributed by atoms with E-state index in [2.05, 4.69) is 10.3 Å². The number of ether oxygens (including phenoxy) is 1. The first kappa shape index (κ1) is 20.5. The van der Waals surface area contributed by atoms with Gasteiger partial charge in [-0.1, -0.05) is 29.3 Å². The zero-order valence-electron chi connectivity index (χ0n) is 16.8. The van der Waals surface area contributed by atoms with Crippen molar-refractivity contribution in [3.63, 3.8) is 0 Å². The molecule has 3 fully saturated rings. The number of nitrogens with one attached hydrogen (secondary N) is 1. The first-order valence-electron chi connectivity index (χ1n) is 10.3. The molecule has 1 N–H and O–H groups in total. The van der Waals surface area contributed by atoms with E-state index in [1.54, 1.807) is 12.1 Å². The number of pyridine rings is 1. The molecule has 4 heterocycles. The number of urea groups is 1. The molecule has 0 bridgehead atoms. The molecule has 3 saturated heterocycles. The smallest absolute Gasteiger partial charge is 0.320 e. The van der Waals surface area contributed by atoms with Gasteiger partial charge in [-0.15, -0.1) is 0 Å². The molecule has 162 valence electrons. The number of piperidine rings is 1. The number of likely N-dealkylation sites (tertiary alicyclic amines) is 2. The van der Waals surface area contributed by atoms with E-state index >= 15 is 0 Å². The van der Waals surface area contributed by atoms with Crippen LogP contribution in [0.3, 0.4) is 0 Å². The lowest BCUT2D eigenvalue weighted by atomic mass is 9.92. The van der Waals surface area contributed by atoms with E-state index in [0.717, 1.165) is 23.2 Å². The van der Waals surface area contributed by atoms with Crippen LogP contribution >= 0.6 is 23.2 Å². The van der Waals surface area contributed by atoms with Gasteiger partial charge in [0, 0.05) is 48.9 Å². The Morgan fingerprint density at radius 3 is 2.71 bits per heavy atom. The molecular weight excluding hydrogens is 439 g/mol. The van der Waals surface area contributed by atoms with Gasteiger partial charge in [-0.2, -0.15) is 0 Å². The van der Waals surface area contributed by atoms with Crippen LogP contribution < -0.4 is 5.32 Å². The molecule has 0 spiro atoms. The highest BCUT2D eigenvalue weighted by Crippen LogP contribution is 2.32. The summed E-state index contributed by atoms with van der Waals surface area (Å²) in [6, 6.07) is 9.25. The summed E-state index contributed by atoms with van der Waals surface area (Å²) in [5, 5.41) is 4.09. The van der Waals surface area contributed by atoms with Gasteiger partial charge in [0.15, 0.2) is 0 Å². The number of hydrogen-bond donors (Lipinski definition) is 1. The predicted molar refractivity (Wildman–Crippen MR) is 117 cm³/mol. The molecule has 0 saturated carbocycles. The van der Waals surface area contributed by atoms with Gasteiger partial charge in [-0.25, -0.2) is 4.79 Å². The van der Waals surface area contributed by atoms with Crippen molar-refractivity contribution >= 4 is 35.1 Å². The van der Waals surface area contributed by atoms with E-state index in [4.69, 9.17) is 27.9 Å². The third-order valence-corrected chi connectivity index (χ3v) is 6.76. The molecular formula is C22H22Cl2N4O3. The molecule has 2 aromatic rings. The first-order valence-corrected chi connectivity index (χ1v) is 11.1.